The minimum atomic E-state index is 0.0743. The second-order valence-electron chi connectivity index (χ2n) is 11.2. The molecule has 210 valence electrons. The molecule has 1 amide bonds. The Kier molecular flexibility index (Phi) is 8.30. The quantitative estimate of drug-likeness (QED) is 0.316. The largest absolute Gasteiger partial charge is 0.493 e. The molecule has 7 nitrogen and oxygen atoms in total. The number of amides is 1. The van der Waals surface area contributed by atoms with Crippen LogP contribution in [0.4, 0.5) is 5.69 Å². The first kappa shape index (κ1) is 26.8. The maximum Gasteiger partial charge on any atom is 0.256 e. The second kappa shape index (κ2) is 12.4. The van der Waals surface area contributed by atoms with Crippen LogP contribution in [-0.4, -0.2) is 85.8 Å². The van der Waals surface area contributed by atoms with Crippen molar-refractivity contribution < 1.29 is 14.3 Å². The van der Waals surface area contributed by atoms with Gasteiger partial charge in [-0.15, -0.1) is 0 Å². The van der Waals surface area contributed by atoms with Crippen LogP contribution in [0, 0.1) is 0 Å². The van der Waals surface area contributed by atoms with Crippen LogP contribution < -0.4 is 9.47 Å². The molecule has 7 heteroatoms. The Balaban J connectivity index is 0.982. The summed E-state index contributed by atoms with van der Waals surface area (Å²) in [5.74, 6) is 1.52. The number of hydrogen-bond donors (Lipinski definition) is 0. The number of nitrogens with zero attached hydrogens (tertiary/aromatic N) is 4. The van der Waals surface area contributed by atoms with Crippen molar-refractivity contribution in [3.63, 3.8) is 0 Å². The first-order chi connectivity index (χ1) is 19.7. The van der Waals surface area contributed by atoms with E-state index in [9.17, 15) is 4.79 Å². The van der Waals surface area contributed by atoms with Gasteiger partial charge in [0, 0.05) is 45.5 Å². The van der Waals surface area contributed by atoms with E-state index in [-0.39, 0.29) is 11.9 Å². The Bertz CT molecular complexity index is 1350. The number of piperazine rings is 1. The van der Waals surface area contributed by atoms with E-state index in [0.29, 0.717) is 17.9 Å². The number of hydrogen-bond acceptors (Lipinski definition) is 6. The van der Waals surface area contributed by atoms with Crippen LogP contribution in [0.5, 0.6) is 11.5 Å². The standard InChI is InChI=1S/C33H40N4O3/c1-39-31-21-26-19-29-30(34-23-28-11-8-13-37(28)33(29)38)20-27(26)22-32(31)40-18-7-3-6-12-35-14-16-36(17-15-35)24-25-9-4-2-5-10-25/h2,4-5,9-10,19-23,28H,3,6-8,11-18,24H2,1H3/t28-/m0/s1. The average Bonchev–Trinajstić information content (AvgIpc) is 3.42. The van der Waals surface area contributed by atoms with E-state index in [0.717, 1.165) is 93.7 Å². The van der Waals surface area contributed by atoms with Gasteiger partial charge in [0.2, 0.25) is 0 Å². The van der Waals surface area contributed by atoms with E-state index >= 15 is 0 Å². The Morgan fingerprint density at radius 1 is 0.875 bits per heavy atom. The summed E-state index contributed by atoms with van der Waals surface area (Å²) in [7, 11) is 1.67. The Morgan fingerprint density at radius 3 is 2.48 bits per heavy atom. The van der Waals surface area contributed by atoms with E-state index < -0.39 is 0 Å². The number of ether oxygens (including phenoxy) is 2. The van der Waals surface area contributed by atoms with Crippen molar-refractivity contribution in [2.24, 2.45) is 4.99 Å². The zero-order valence-corrected chi connectivity index (χ0v) is 23.6. The lowest BCUT2D eigenvalue weighted by Gasteiger charge is -2.34. The highest BCUT2D eigenvalue weighted by molar-refractivity contribution is 6.07. The van der Waals surface area contributed by atoms with Crippen LogP contribution >= 0.6 is 0 Å². The molecule has 2 fully saturated rings. The van der Waals surface area contributed by atoms with Crippen LogP contribution in [-0.2, 0) is 6.54 Å². The highest BCUT2D eigenvalue weighted by atomic mass is 16.5. The molecule has 0 radical (unpaired) electrons. The molecular formula is C33H40N4O3. The highest BCUT2D eigenvalue weighted by Crippen LogP contribution is 2.37. The van der Waals surface area contributed by atoms with Gasteiger partial charge in [0.1, 0.15) is 0 Å². The molecule has 0 aliphatic carbocycles. The normalized spacial score (nSPS) is 19.5. The van der Waals surface area contributed by atoms with Crippen molar-refractivity contribution in [2.75, 3.05) is 53.0 Å². The Hall–Kier alpha value is -3.42. The number of carbonyl (C=O) groups excluding carboxylic acids is 1. The lowest BCUT2D eigenvalue weighted by molar-refractivity contribution is 0.0775. The van der Waals surface area contributed by atoms with Crippen molar-refractivity contribution in [1.29, 1.82) is 0 Å². The number of methoxy groups -OCH3 is 1. The number of unbranched alkanes of at least 4 members (excludes halogenated alkanes) is 2. The van der Waals surface area contributed by atoms with Gasteiger partial charge < -0.3 is 19.3 Å². The van der Waals surface area contributed by atoms with Gasteiger partial charge in [0.25, 0.3) is 5.91 Å². The number of aliphatic imine (C=N–C) groups is 1. The number of benzene rings is 3. The van der Waals surface area contributed by atoms with Gasteiger partial charge in [-0.1, -0.05) is 30.3 Å². The minimum Gasteiger partial charge on any atom is -0.493 e. The molecule has 0 N–H and O–H groups in total. The smallest absolute Gasteiger partial charge is 0.256 e. The number of rotatable bonds is 10. The third kappa shape index (κ3) is 6.01. The highest BCUT2D eigenvalue weighted by Gasteiger charge is 2.31. The van der Waals surface area contributed by atoms with Gasteiger partial charge in [-0.2, -0.15) is 0 Å². The summed E-state index contributed by atoms with van der Waals surface area (Å²) in [5.41, 5.74) is 2.81. The molecule has 0 unspecified atom stereocenters. The van der Waals surface area contributed by atoms with Gasteiger partial charge >= 0.3 is 0 Å². The Labute approximate surface area is 237 Å². The van der Waals surface area contributed by atoms with Crippen molar-refractivity contribution in [2.45, 2.75) is 44.7 Å². The Morgan fingerprint density at radius 2 is 1.65 bits per heavy atom. The molecular weight excluding hydrogens is 500 g/mol. The molecule has 6 rings (SSSR count). The van der Waals surface area contributed by atoms with Crippen molar-refractivity contribution >= 4 is 28.6 Å². The van der Waals surface area contributed by atoms with Crippen LogP contribution in [0.2, 0.25) is 0 Å². The predicted molar refractivity (Wildman–Crippen MR) is 160 cm³/mol. The monoisotopic (exact) mass is 540 g/mol. The zero-order valence-electron chi connectivity index (χ0n) is 23.6. The van der Waals surface area contributed by atoms with Crippen molar-refractivity contribution in [1.82, 2.24) is 14.7 Å². The molecule has 3 aliphatic heterocycles. The van der Waals surface area contributed by atoms with E-state index in [1.165, 1.54) is 12.0 Å². The van der Waals surface area contributed by atoms with Gasteiger partial charge in [0.15, 0.2) is 11.5 Å². The SMILES string of the molecule is COc1cc2cc3c(cc2cc1OCCCCCN1CCN(Cc2ccccc2)CC1)N=C[C@@H]1CCCN1C3=O. The van der Waals surface area contributed by atoms with E-state index in [4.69, 9.17) is 14.5 Å². The zero-order chi connectivity index (χ0) is 27.3. The molecule has 3 aromatic rings. The molecule has 1 atom stereocenters. The maximum absolute atomic E-state index is 13.2. The molecule has 0 spiro atoms. The van der Waals surface area contributed by atoms with Gasteiger partial charge in [-0.3, -0.25) is 14.7 Å². The van der Waals surface area contributed by atoms with Crippen LogP contribution in [0.25, 0.3) is 10.8 Å². The third-order valence-electron chi connectivity index (χ3n) is 8.50. The summed E-state index contributed by atoms with van der Waals surface area (Å²) in [6.45, 7) is 8.24. The first-order valence-corrected chi connectivity index (χ1v) is 14.8. The molecule has 0 saturated carbocycles. The number of carbonyl (C=O) groups is 1. The molecule has 0 bridgehead atoms. The van der Waals surface area contributed by atoms with Crippen LogP contribution in [0.1, 0.15) is 48.0 Å². The van der Waals surface area contributed by atoms with Crippen LogP contribution in [0.3, 0.4) is 0 Å². The molecule has 0 aromatic heterocycles. The average molecular weight is 541 g/mol. The van der Waals surface area contributed by atoms with E-state index in [1.807, 2.05) is 35.4 Å². The topological polar surface area (TPSA) is 57.6 Å². The fraction of sp³-hybridized carbons (Fsp3) is 0.455. The molecule has 40 heavy (non-hydrogen) atoms. The fourth-order valence-electron chi connectivity index (χ4n) is 6.18. The van der Waals surface area contributed by atoms with Crippen molar-refractivity contribution in [3.05, 3.63) is 65.7 Å². The summed E-state index contributed by atoms with van der Waals surface area (Å²) in [6.07, 6.45) is 7.30. The summed E-state index contributed by atoms with van der Waals surface area (Å²) in [5, 5.41) is 1.97. The first-order valence-electron chi connectivity index (χ1n) is 14.8. The van der Waals surface area contributed by atoms with Crippen LogP contribution in [0.15, 0.2) is 59.6 Å². The summed E-state index contributed by atoms with van der Waals surface area (Å²) in [4.78, 5) is 25.0. The lowest BCUT2D eigenvalue weighted by atomic mass is 10.0. The number of fused-ring (bicyclic) bond motifs is 3. The third-order valence-corrected chi connectivity index (χ3v) is 8.50. The second-order valence-corrected chi connectivity index (χ2v) is 11.2. The van der Waals surface area contributed by atoms with E-state index in [1.54, 1.807) is 7.11 Å². The molecule has 3 aromatic carbocycles. The summed E-state index contributed by atoms with van der Waals surface area (Å²) >= 11 is 0. The molecule has 3 heterocycles. The van der Waals surface area contributed by atoms with Gasteiger partial charge in [0.05, 0.1) is 31.0 Å². The molecule has 3 aliphatic rings. The fourth-order valence-corrected chi connectivity index (χ4v) is 6.18. The maximum atomic E-state index is 13.2. The van der Waals surface area contributed by atoms with Crippen molar-refractivity contribution in [3.8, 4) is 11.5 Å². The van der Waals surface area contributed by atoms with Gasteiger partial charge in [-0.05, 0) is 79.3 Å². The summed E-state index contributed by atoms with van der Waals surface area (Å²) < 4.78 is 11.9. The molecule has 2 saturated heterocycles. The van der Waals surface area contributed by atoms with Gasteiger partial charge in [-0.25, -0.2) is 0 Å². The van der Waals surface area contributed by atoms with E-state index in [2.05, 4.69) is 40.1 Å². The minimum absolute atomic E-state index is 0.0743. The lowest BCUT2D eigenvalue weighted by Crippen LogP contribution is -2.46. The predicted octanol–water partition coefficient (Wildman–Crippen LogP) is 5.54. The summed E-state index contributed by atoms with van der Waals surface area (Å²) in [6, 6.07) is 18.8.